The maximum atomic E-state index is 13.9. The highest BCUT2D eigenvalue weighted by molar-refractivity contribution is 8.18. The van der Waals surface area contributed by atoms with Crippen LogP contribution in [0.3, 0.4) is 0 Å². The number of hydrogen-bond donors (Lipinski definition) is 0. The van der Waals surface area contributed by atoms with Crippen molar-refractivity contribution in [3.8, 4) is 11.5 Å². The predicted molar refractivity (Wildman–Crippen MR) is 128 cm³/mol. The number of ether oxygens (including phenoxy) is 2. The summed E-state index contributed by atoms with van der Waals surface area (Å²) in [5.41, 5.74) is 1.00. The first-order chi connectivity index (χ1) is 16.0. The summed E-state index contributed by atoms with van der Waals surface area (Å²) in [5, 5.41) is 0.0260. The van der Waals surface area contributed by atoms with E-state index >= 15 is 0 Å². The second-order valence-corrected chi connectivity index (χ2v) is 9.61. The van der Waals surface area contributed by atoms with Crippen LogP contribution in [0.1, 0.15) is 43.2 Å². The predicted octanol–water partition coefficient (Wildman–Crippen LogP) is 6.68. The molecule has 0 unspecified atom stereocenters. The molecule has 33 heavy (non-hydrogen) atoms. The second-order valence-electron chi connectivity index (χ2n) is 8.21. The molecule has 8 heteroatoms. The number of halogens is 2. The minimum atomic E-state index is -0.367. The van der Waals surface area contributed by atoms with Gasteiger partial charge in [0.1, 0.15) is 12.4 Å². The molecule has 2 amide bonds. The summed E-state index contributed by atoms with van der Waals surface area (Å²) in [6, 6.07) is 9.64. The number of imide groups is 1. The van der Waals surface area contributed by atoms with Gasteiger partial charge in [0.2, 0.25) is 0 Å². The lowest BCUT2D eigenvalue weighted by atomic mass is 9.89. The quantitative estimate of drug-likeness (QED) is 0.406. The standard InChI is InChI=1S/C25H25ClFNO4S/c1-31-21-12-17(11-19(26)23(21)32-15-18-9-5-6-10-20(18)27)13-22-24(29)28(25(30)33-22)14-16-7-3-2-4-8-16/h5-6,9-13,16H,2-4,7-8,14-15H2,1H3/b22-13+. The number of hydrogen-bond acceptors (Lipinski definition) is 5. The summed E-state index contributed by atoms with van der Waals surface area (Å²) >= 11 is 7.37. The van der Waals surface area contributed by atoms with Crippen molar-refractivity contribution in [2.75, 3.05) is 13.7 Å². The highest BCUT2D eigenvalue weighted by atomic mass is 35.5. The first-order valence-electron chi connectivity index (χ1n) is 11.0. The third kappa shape index (κ3) is 5.53. The van der Waals surface area contributed by atoms with Crippen molar-refractivity contribution >= 4 is 40.6 Å². The van der Waals surface area contributed by atoms with Gasteiger partial charge in [0.15, 0.2) is 11.5 Å². The molecule has 1 aliphatic heterocycles. The van der Waals surface area contributed by atoms with E-state index in [9.17, 15) is 14.0 Å². The van der Waals surface area contributed by atoms with Crippen LogP contribution in [0.2, 0.25) is 5.02 Å². The molecule has 2 aromatic carbocycles. The van der Waals surface area contributed by atoms with E-state index in [1.54, 1.807) is 36.4 Å². The monoisotopic (exact) mass is 489 g/mol. The van der Waals surface area contributed by atoms with Crippen LogP contribution in [-0.2, 0) is 11.4 Å². The number of benzene rings is 2. The van der Waals surface area contributed by atoms with Gasteiger partial charge in [0, 0.05) is 12.1 Å². The van der Waals surface area contributed by atoms with Crippen LogP contribution in [0.4, 0.5) is 9.18 Å². The van der Waals surface area contributed by atoms with E-state index in [0.29, 0.717) is 34.2 Å². The van der Waals surface area contributed by atoms with Crippen molar-refractivity contribution in [1.29, 1.82) is 0 Å². The lowest BCUT2D eigenvalue weighted by Gasteiger charge is -2.25. The van der Waals surface area contributed by atoms with E-state index < -0.39 is 0 Å². The molecule has 1 aliphatic carbocycles. The molecule has 0 spiro atoms. The van der Waals surface area contributed by atoms with Gasteiger partial charge in [-0.15, -0.1) is 0 Å². The lowest BCUT2D eigenvalue weighted by Crippen LogP contribution is -2.34. The molecule has 174 valence electrons. The Labute approximate surface area is 201 Å². The molecule has 4 rings (SSSR count). The molecule has 2 fully saturated rings. The van der Waals surface area contributed by atoms with E-state index in [2.05, 4.69) is 0 Å². The van der Waals surface area contributed by atoms with Crippen molar-refractivity contribution in [3.05, 3.63) is 63.3 Å². The van der Waals surface area contributed by atoms with Gasteiger partial charge in [0.25, 0.3) is 11.1 Å². The number of carbonyl (C=O) groups is 2. The summed E-state index contributed by atoms with van der Waals surface area (Å²) in [4.78, 5) is 27.1. The normalized spacial score (nSPS) is 18.3. The Balaban J connectivity index is 1.50. The van der Waals surface area contributed by atoms with Crippen LogP contribution in [-0.4, -0.2) is 29.7 Å². The number of methoxy groups -OCH3 is 1. The Morgan fingerprint density at radius 1 is 1.18 bits per heavy atom. The van der Waals surface area contributed by atoms with Crippen LogP contribution in [0.5, 0.6) is 11.5 Å². The average Bonchev–Trinajstić information content (AvgIpc) is 3.07. The molecule has 5 nitrogen and oxygen atoms in total. The van der Waals surface area contributed by atoms with E-state index in [1.807, 2.05) is 0 Å². The van der Waals surface area contributed by atoms with E-state index in [1.165, 1.54) is 24.5 Å². The van der Waals surface area contributed by atoms with Crippen molar-refractivity contribution in [3.63, 3.8) is 0 Å². The minimum absolute atomic E-state index is 0.0118. The molecule has 0 atom stereocenters. The summed E-state index contributed by atoms with van der Waals surface area (Å²) in [5.74, 6) is 0.377. The molecule has 0 aromatic heterocycles. The molecule has 1 heterocycles. The van der Waals surface area contributed by atoms with Crippen molar-refractivity contribution in [2.45, 2.75) is 38.7 Å². The van der Waals surface area contributed by atoms with Crippen molar-refractivity contribution in [1.82, 2.24) is 4.90 Å². The topological polar surface area (TPSA) is 55.8 Å². The summed E-state index contributed by atoms with van der Waals surface area (Å²) < 4.78 is 25.1. The van der Waals surface area contributed by atoms with E-state index in [0.717, 1.165) is 37.4 Å². The van der Waals surface area contributed by atoms with Gasteiger partial charge in [-0.1, -0.05) is 49.1 Å². The summed E-state index contributed by atoms with van der Waals surface area (Å²) in [6.45, 7) is 0.469. The zero-order valence-electron chi connectivity index (χ0n) is 18.3. The highest BCUT2D eigenvalue weighted by Crippen LogP contribution is 2.40. The van der Waals surface area contributed by atoms with Crippen LogP contribution >= 0.6 is 23.4 Å². The molecular formula is C25H25ClFNO4S. The van der Waals surface area contributed by atoms with Gasteiger partial charge in [-0.3, -0.25) is 14.5 Å². The highest BCUT2D eigenvalue weighted by Gasteiger charge is 2.36. The van der Waals surface area contributed by atoms with Gasteiger partial charge in [-0.25, -0.2) is 4.39 Å². The molecule has 0 bridgehead atoms. The molecule has 2 aromatic rings. The number of thioether (sulfide) groups is 1. The smallest absolute Gasteiger partial charge is 0.293 e. The van der Waals surface area contributed by atoms with E-state index in [-0.39, 0.29) is 34.3 Å². The number of carbonyl (C=O) groups excluding carboxylic acids is 2. The zero-order chi connectivity index (χ0) is 23.4. The second kappa shape index (κ2) is 10.6. The fourth-order valence-electron chi connectivity index (χ4n) is 4.17. The Hall–Kier alpha value is -2.51. The van der Waals surface area contributed by atoms with Crippen LogP contribution in [0.15, 0.2) is 41.3 Å². The summed E-state index contributed by atoms with van der Waals surface area (Å²) in [7, 11) is 1.48. The molecule has 2 aliphatic rings. The maximum absolute atomic E-state index is 13.9. The molecular weight excluding hydrogens is 465 g/mol. The maximum Gasteiger partial charge on any atom is 0.293 e. The van der Waals surface area contributed by atoms with Gasteiger partial charge in [-0.2, -0.15) is 0 Å². The fourth-order valence-corrected chi connectivity index (χ4v) is 5.29. The van der Waals surface area contributed by atoms with Crippen LogP contribution in [0.25, 0.3) is 6.08 Å². The Bertz CT molecular complexity index is 1080. The van der Waals surface area contributed by atoms with Crippen molar-refractivity contribution < 1.29 is 23.5 Å². The molecule has 0 N–H and O–H groups in total. The lowest BCUT2D eigenvalue weighted by molar-refractivity contribution is -0.123. The Morgan fingerprint density at radius 2 is 1.94 bits per heavy atom. The Morgan fingerprint density at radius 3 is 2.67 bits per heavy atom. The first-order valence-corrected chi connectivity index (χ1v) is 12.1. The Kier molecular flexibility index (Phi) is 7.60. The number of amides is 2. The van der Waals surface area contributed by atoms with Crippen LogP contribution in [0, 0.1) is 11.7 Å². The van der Waals surface area contributed by atoms with Crippen LogP contribution < -0.4 is 9.47 Å². The van der Waals surface area contributed by atoms with Crippen molar-refractivity contribution in [2.24, 2.45) is 5.92 Å². The minimum Gasteiger partial charge on any atom is -0.493 e. The fraction of sp³-hybridized carbons (Fsp3) is 0.360. The van der Waals surface area contributed by atoms with Gasteiger partial charge < -0.3 is 9.47 Å². The average molecular weight is 490 g/mol. The van der Waals surface area contributed by atoms with Gasteiger partial charge >= 0.3 is 0 Å². The number of nitrogens with zero attached hydrogens (tertiary/aromatic N) is 1. The summed E-state index contributed by atoms with van der Waals surface area (Å²) in [6.07, 6.45) is 7.28. The molecule has 1 saturated carbocycles. The third-order valence-corrected chi connectivity index (χ3v) is 7.11. The largest absolute Gasteiger partial charge is 0.493 e. The SMILES string of the molecule is COc1cc(/C=C2/SC(=O)N(CC3CCCCC3)C2=O)cc(Cl)c1OCc1ccccc1F. The zero-order valence-corrected chi connectivity index (χ0v) is 19.9. The van der Waals surface area contributed by atoms with E-state index in [4.69, 9.17) is 21.1 Å². The molecule has 1 saturated heterocycles. The number of rotatable bonds is 7. The third-order valence-electron chi connectivity index (χ3n) is 5.92. The van der Waals surface area contributed by atoms with Gasteiger partial charge in [0.05, 0.1) is 17.0 Å². The first kappa shape index (κ1) is 23.6. The van der Waals surface area contributed by atoms with Gasteiger partial charge in [-0.05, 0) is 60.4 Å². The molecule has 0 radical (unpaired) electrons.